The zero-order chi connectivity index (χ0) is 15.6. The number of amides is 1. The highest BCUT2D eigenvalue weighted by atomic mass is 16.1. The summed E-state index contributed by atoms with van der Waals surface area (Å²) in [5, 5.41) is 3.01. The number of hydrogen-bond acceptors (Lipinski definition) is 4. The molecule has 116 valence electrons. The van der Waals surface area contributed by atoms with Crippen LogP contribution in [0.15, 0.2) is 0 Å². The van der Waals surface area contributed by atoms with E-state index >= 15 is 0 Å². The number of nitrogens with zero attached hydrogens (tertiary/aromatic N) is 3. The predicted octanol–water partition coefficient (Wildman–Crippen LogP) is 2.14. The van der Waals surface area contributed by atoms with Crippen molar-refractivity contribution in [3.05, 3.63) is 17.1 Å². The van der Waals surface area contributed by atoms with Crippen LogP contribution in [0, 0.1) is 26.7 Å². The molecule has 0 saturated carbocycles. The first-order valence-electron chi connectivity index (χ1n) is 7.75. The molecular formula is C16H26N4O. The summed E-state index contributed by atoms with van der Waals surface area (Å²) in [5.74, 6) is 2.17. The van der Waals surface area contributed by atoms with Gasteiger partial charge in [-0.15, -0.1) is 0 Å². The standard InChI is InChI=1S/C16H26N4O/c1-10(2)17-16(21)14-6-8-20(9-7-14)15-11(3)12(4)18-13(5)19-15/h10,14H,6-9H2,1-5H3,(H,17,21). The van der Waals surface area contributed by atoms with Crippen molar-refractivity contribution >= 4 is 11.7 Å². The van der Waals surface area contributed by atoms with Crippen LogP contribution < -0.4 is 10.2 Å². The van der Waals surface area contributed by atoms with Crippen LogP contribution >= 0.6 is 0 Å². The monoisotopic (exact) mass is 290 g/mol. The molecule has 1 fully saturated rings. The minimum atomic E-state index is 0.132. The second-order valence-corrected chi connectivity index (χ2v) is 6.23. The summed E-state index contributed by atoms with van der Waals surface area (Å²) >= 11 is 0. The van der Waals surface area contributed by atoms with E-state index < -0.39 is 0 Å². The SMILES string of the molecule is Cc1nc(C)c(C)c(N2CCC(C(=O)NC(C)C)CC2)n1. The molecule has 21 heavy (non-hydrogen) atoms. The summed E-state index contributed by atoms with van der Waals surface area (Å²) in [6, 6.07) is 0.213. The van der Waals surface area contributed by atoms with Gasteiger partial charge in [0.15, 0.2) is 0 Å². The molecule has 0 unspecified atom stereocenters. The van der Waals surface area contributed by atoms with Crippen molar-refractivity contribution in [2.45, 2.75) is 53.5 Å². The molecule has 5 heteroatoms. The van der Waals surface area contributed by atoms with Crippen LogP contribution in [0.3, 0.4) is 0 Å². The van der Waals surface area contributed by atoms with Gasteiger partial charge in [0, 0.05) is 36.3 Å². The second kappa shape index (κ2) is 6.41. The molecule has 0 spiro atoms. The Kier molecular flexibility index (Phi) is 4.80. The molecule has 1 saturated heterocycles. The predicted molar refractivity (Wildman–Crippen MR) is 84.5 cm³/mol. The maximum Gasteiger partial charge on any atom is 0.223 e. The van der Waals surface area contributed by atoms with Crippen LogP contribution in [-0.4, -0.2) is 35.0 Å². The van der Waals surface area contributed by atoms with Gasteiger partial charge >= 0.3 is 0 Å². The van der Waals surface area contributed by atoms with Gasteiger partial charge in [0.1, 0.15) is 11.6 Å². The third kappa shape index (κ3) is 3.71. The average molecular weight is 290 g/mol. The van der Waals surface area contributed by atoms with Crippen LogP contribution in [0.5, 0.6) is 0 Å². The molecule has 0 aliphatic carbocycles. The topological polar surface area (TPSA) is 58.1 Å². The normalized spacial score (nSPS) is 16.4. The molecule has 1 aliphatic rings. The molecule has 1 aliphatic heterocycles. The van der Waals surface area contributed by atoms with Crippen molar-refractivity contribution in [2.75, 3.05) is 18.0 Å². The van der Waals surface area contributed by atoms with Gasteiger partial charge < -0.3 is 10.2 Å². The number of nitrogens with one attached hydrogen (secondary N) is 1. The van der Waals surface area contributed by atoms with Crippen LogP contribution in [0.1, 0.15) is 43.8 Å². The third-order valence-electron chi connectivity index (χ3n) is 4.07. The lowest BCUT2D eigenvalue weighted by atomic mass is 9.95. The summed E-state index contributed by atoms with van der Waals surface area (Å²) in [6.45, 7) is 11.8. The van der Waals surface area contributed by atoms with E-state index in [1.54, 1.807) is 0 Å². The summed E-state index contributed by atoms with van der Waals surface area (Å²) < 4.78 is 0. The number of aromatic nitrogens is 2. The zero-order valence-electron chi connectivity index (χ0n) is 13.7. The number of carbonyl (C=O) groups is 1. The van der Waals surface area contributed by atoms with Crippen molar-refractivity contribution < 1.29 is 4.79 Å². The van der Waals surface area contributed by atoms with E-state index in [1.165, 1.54) is 0 Å². The maximum absolute atomic E-state index is 12.1. The van der Waals surface area contributed by atoms with E-state index in [4.69, 9.17) is 0 Å². The quantitative estimate of drug-likeness (QED) is 0.926. The highest BCUT2D eigenvalue weighted by Crippen LogP contribution is 2.25. The number of carbonyl (C=O) groups excluding carboxylic acids is 1. The molecule has 0 atom stereocenters. The Hall–Kier alpha value is -1.65. The Balaban J connectivity index is 2.03. The molecular weight excluding hydrogens is 264 g/mol. The molecule has 5 nitrogen and oxygen atoms in total. The molecule has 0 radical (unpaired) electrons. The van der Waals surface area contributed by atoms with E-state index in [0.29, 0.717) is 0 Å². The molecule has 0 bridgehead atoms. The largest absolute Gasteiger partial charge is 0.356 e. The van der Waals surface area contributed by atoms with Crippen LogP contribution in [-0.2, 0) is 4.79 Å². The van der Waals surface area contributed by atoms with Crippen LogP contribution in [0.25, 0.3) is 0 Å². The Labute approximate surface area is 127 Å². The van der Waals surface area contributed by atoms with Gasteiger partial charge in [0.25, 0.3) is 0 Å². The highest BCUT2D eigenvalue weighted by Gasteiger charge is 2.26. The Morgan fingerprint density at radius 1 is 1.19 bits per heavy atom. The first-order chi connectivity index (χ1) is 9.88. The van der Waals surface area contributed by atoms with E-state index in [0.717, 1.165) is 48.8 Å². The van der Waals surface area contributed by atoms with Crippen molar-refractivity contribution in [3.8, 4) is 0 Å². The Morgan fingerprint density at radius 2 is 1.81 bits per heavy atom. The van der Waals surface area contributed by atoms with Gasteiger partial charge in [-0.05, 0) is 47.5 Å². The number of hydrogen-bond donors (Lipinski definition) is 1. The fourth-order valence-corrected chi connectivity index (χ4v) is 2.81. The first kappa shape index (κ1) is 15.7. The van der Waals surface area contributed by atoms with Crippen molar-refractivity contribution in [1.29, 1.82) is 0 Å². The summed E-state index contributed by atoms with van der Waals surface area (Å²) in [6.07, 6.45) is 1.78. The minimum absolute atomic E-state index is 0.132. The van der Waals surface area contributed by atoms with Crippen molar-refractivity contribution in [1.82, 2.24) is 15.3 Å². The molecule has 0 aromatic carbocycles. The lowest BCUT2D eigenvalue weighted by Crippen LogP contribution is -2.43. The molecule has 2 rings (SSSR count). The van der Waals surface area contributed by atoms with E-state index in [1.807, 2.05) is 27.7 Å². The fourth-order valence-electron chi connectivity index (χ4n) is 2.81. The number of aryl methyl sites for hydroxylation is 2. The molecule has 1 aromatic rings. The first-order valence-corrected chi connectivity index (χ1v) is 7.75. The number of rotatable bonds is 3. The maximum atomic E-state index is 12.1. The van der Waals surface area contributed by atoms with E-state index in [9.17, 15) is 4.79 Å². The Bertz CT molecular complexity index is 519. The average Bonchev–Trinajstić information content (AvgIpc) is 2.42. The summed E-state index contributed by atoms with van der Waals surface area (Å²) in [7, 11) is 0. The Morgan fingerprint density at radius 3 is 2.38 bits per heavy atom. The molecule has 1 aromatic heterocycles. The van der Waals surface area contributed by atoms with Crippen molar-refractivity contribution in [2.24, 2.45) is 5.92 Å². The third-order valence-corrected chi connectivity index (χ3v) is 4.07. The van der Waals surface area contributed by atoms with Gasteiger partial charge in [-0.2, -0.15) is 0 Å². The second-order valence-electron chi connectivity index (χ2n) is 6.23. The van der Waals surface area contributed by atoms with Crippen LogP contribution in [0.2, 0.25) is 0 Å². The zero-order valence-corrected chi connectivity index (χ0v) is 13.7. The van der Waals surface area contributed by atoms with Crippen LogP contribution in [0.4, 0.5) is 5.82 Å². The minimum Gasteiger partial charge on any atom is -0.356 e. The van der Waals surface area contributed by atoms with E-state index in [-0.39, 0.29) is 17.9 Å². The summed E-state index contributed by atoms with van der Waals surface area (Å²) in [5.41, 5.74) is 2.18. The highest BCUT2D eigenvalue weighted by molar-refractivity contribution is 5.79. The lowest BCUT2D eigenvalue weighted by molar-refractivity contribution is -0.126. The van der Waals surface area contributed by atoms with Crippen molar-refractivity contribution in [3.63, 3.8) is 0 Å². The number of anilines is 1. The molecule has 1 N–H and O–H groups in total. The smallest absolute Gasteiger partial charge is 0.223 e. The van der Waals surface area contributed by atoms with Gasteiger partial charge in [0.05, 0.1) is 0 Å². The molecule has 2 heterocycles. The van der Waals surface area contributed by atoms with Gasteiger partial charge in [-0.3, -0.25) is 4.79 Å². The number of piperidine rings is 1. The molecule has 1 amide bonds. The summed E-state index contributed by atoms with van der Waals surface area (Å²) in [4.78, 5) is 23.4. The van der Waals surface area contributed by atoms with Gasteiger partial charge in [-0.1, -0.05) is 0 Å². The van der Waals surface area contributed by atoms with Gasteiger partial charge in [0.2, 0.25) is 5.91 Å². The van der Waals surface area contributed by atoms with Gasteiger partial charge in [-0.25, -0.2) is 9.97 Å². The fraction of sp³-hybridized carbons (Fsp3) is 0.688. The lowest BCUT2D eigenvalue weighted by Gasteiger charge is -2.33. The van der Waals surface area contributed by atoms with E-state index in [2.05, 4.69) is 27.1 Å².